The van der Waals surface area contributed by atoms with E-state index in [0.717, 1.165) is 25.7 Å². The maximum absolute atomic E-state index is 13.1. The van der Waals surface area contributed by atoms with Crippen LogP contribution in [0.4, 0.5) is 9.18 Å². The number of nitrogens with one attached hydrogen (secondary N) is 2. The van der Waals surface area contributed by atoms with Crippen molar-refractivity contribution in [2.75, 3.05) is 0 Å². The highest BCUT2D eigenvalue weighted by atomic mass is 19.1. The van der Waals surface area contributed by atoms with Crippen LogP contribution in [0.5, 0.6) is 0 Å². The zero-order valence-corrected chi connectivity index (χ0v) is 15.0. The molecule has 1 heterocycles. The normalized spacial score (nSPS) is 15.9. The Morgan fingerprint density at radius 2 is 1.89 bits per heavy atom. The number of hydrogen-bond donors (Lipinski definition) is 3. The van der Waals surface area contributed by atoms with E-state index in [4.69, 9.17) is 4.52 Å². The van der Waals surface area contributed by atoms with Crippen molar-refractivity contribution in [2.24, 2.45) is 0 Å². The Balaban J connectivity index is 1.76. The molecule has 1 saturated carbocycles. The van der Waals surface area contributed by atoms with Gasteiger partial charge in [-0.2, -0.15) is 0 Å². The summed E-state index contributed by atoms with van der Waals surface area (Å²) in [5.74, 6) is -1.62. The molecule has 2 aromatic rings. The molecule has 1 atom stereocenters. The van der Waals surface area contributed by atoms with Crippen molar-refractivity contribution < 1.29 is 23.6 Å². The molecule has 1 aliphatic carbocycles. The van der Waals surface area contributed by atoms with Crippen LogP contribution in [0, 0.1) is 5.82 Å². The molecule has 27 heavy (non-hydrogen) atoms. The van der Waals surface area contributed by atoms with Crippen LogP contribution in [-0.4, -0.2) is 28.3 Å². The van der Waals surface area contributed by atoms with Gasteiger partial charge in [-0.05, 0) is 44.0 Å². The first-order valence-electron chi connectivity index (χ1n) is 9.01. The predicted octanol–water partition coefficient (Wildman–Crippen LogP) is 3.87. The molecule has 1 aromatic carbocycles. The van der Waals surface area contributed by atoms with Crippen LogP contribution in [0.25, 0.3) is 11.3 Å². The number of hydrogen-bond acceptors (Lipinski definition) is 4. The van der Waals surface area contributed by atoms with Crippen molar-refractivity contribution in [2.45, 2.75) is 51.1 Å². The average molecular weight is 375 g/mol. The van der Waals surface area contributed by atoms with Gasteiger partial charge >= 0.3 is 12.0 Å². The monoisotopic (exact) mass is 375 g/mol. The largest absolute Gasteiger partial charge is 0.477 e. The molecule has 0 radical (unpaired) electrons. The summed E-state index contributed by atoms with van der Waals surface area (Å²) in [7, 11) is 0. The van der Waals surface area contributed by atoms with E-state index in [9.17, 15) is 19.1 Å². The first-order chi connectivity index (χ1) is 13.0. The molecular weight excluding hydrogens is 353 g/mol. The number of benzene rings is 1. The number of nitrogens with zero attached hydrogens (tertiary/aromatic N) is 1. The van der Waals surface area contributed by atoms with Gasteiger partial charge in [0, 0.05) is 11.6 Å². The van der Waals surface area contributed by atoms with Gasteiger partial charge in [-0.3, -0.25) is 0 Å². The number of carboxylic acid groups (broad SMARTS) is 1. The van der Waals surface area contributed by atoms with Crippen molar-refractivity contribution in [3.63, 3.8) is 0 Å². The number of urea groups is 1. The van der Waals surface area contributed by atoms with E-state index in [1.54, 1.807) is 6.92 Å². The van der Waals surface area contributed by atoms with E-state index in [1.807, 2.05) is 0 Å². The van der Waals surface area contributed by atoms with Gasteiger partial charge in [0.25, 0.3) is 0 Å². The number of carbonyl (C=O) groups excluding carboxylic acids is 1. The molecule has 1 fully saturated rings. The van der Waals surface area contributed by atoms with Gasteiger partial charge in [0.15, 0.2) is 5.76 Å². The Hall–Kier alpha value is -2.90. The molecule has 7 nitrogen and oxygen atoms in total. The summed E-state index contributed by atoms with van der Waals surface area (Å²) >= 11 is 0. The highest BCUT2D eigenvalue weighted by molar-refractivity contribution is 5.96. The lowest BCUT2D eigenvalue weighted by molar-refractivity contribution is 0.0693. The molecule has 3 N–H and O–H groups in total. The van der Waals surface area contributed by atoms with Crippen molar-refractivity contribution in [1.82, 2.24) is 15.8 Å². The van der Waals surface area contributed by atoms with Gasteiger partial charge < -0.3 is 20.3 Å². The summed E-state index contributed by atoms with van der Waals surface area (Å²) in [5, 5.41) is 19.0. The summed E-state index contributed by atoms with van der Waals surface area (Å²) in [5.41, 5.74) is 0.369. The van der Waals surface area contributed by atoms with Gasteiger partial charge in [-0.25, -0.2) is 14.0 Å². The molecule has 0 aliphatic heterocycles. The van der Waals surface area contributed by atoms with Crippen molar-refractivity contribution in [3.8, 4) is 11.3 Å². The molecule has 0 saturated heterocycles. The first kappa shape index (κ1) is 18.9. The maximum atomic E-state index is 13.1. The van der Waals surface area contributed by atoms with Crippen LogP contribution >= 0.6 is 0 Å². The average Bonchev–Trinajstić information content (AvgIpc) is 3.08. The Labute approximate surface area is 155 Å². The van der Waals surface area contributed by atoms with Crippen LogP contribution in [0.3, 0.4) is 0 Å². The molecule has 8 heteroatoms. The zero-order valence-electron chi connectivity index (χ0n) is 15.0. The van der Waals surface area contributed by atoms with Crippen LogP contribution in [0.1, 0.15) is 61.2 Å². The van der Waals surface area contributed by atoms with Crippen LogP contribution in [-0.2, 0) is 0 Å². The third-order valence-corrected chi connectivity index (χ3v) is 4.73. The molecule has 1 aromatic heterocycles. The summed E-state index contributed by atoms with van der Waals surface area (Å²) in [4.78, 5) is 24.0. The lowest BCUT2D eigenvalue weighted by Crippen LogP contribution is -2.43. The third-order valence-electron chi connectivity index (χ3n) is 4.73. The lowest BCUT2D eigenvalue weighted by Gasteiger charge is -2.23. The summed E-state index contributed by atoms with van der Waals surface area (Å²) in [6, 6.07) is 4.36. The number of carbonyl (C=O) groups is 2. The molecular formula is C19H22FN3O4. The summed E-state index contributed by atoms with van der Waals surface area (Å²) in [6.07, 6.45) is 5.25. The zero-order chi connectivity index (χ0) is 19.4. The van der Waals surface area contributed by atoms with E-state index >= 15 is 0 Å². The smallest absolute Gasteiger partial charge is 0.341 e. The molecule has 3 rings (SSSR count). The minimum Gasteiger partial charge on any atom is -0.477 e. The fourth-order valence-electron chi connectivity index (χ4n) is 3.35. The van der Waals surface area contributed by atoms with Gasteiger partial charge in [0.2, 0.25) is 0 Å². The van der Waals surface area contributed by atoms with Gasteiger partial charge in [-0.15, -0.1) is 0 Å². The third kappa shape index (κ3) is 4.45. The van der Waals surface area contributed by atoms with Gasteiger partial charge in [0.05, 0.1) is 6.04 Å². The van der Waals surface area contributed by atoms with E-state index in [0.29, 0.717) is 5.56 Å². The van der Waals surface area contributed by atoms with E-state index < -0.39 is 17.8 Å². The highest BCUT2D eigenvalue weighted by Gasteiger charge is 2.28. The van der Waals surface area contributed by atoms with Crippen molar-refractivity contribution in [1.29, 1.82) is 0 Å². The van der Waals surface area contributed by atoms with Gasteiger partial charge in [-0.1, -0.05) is 24.4 Å². The Morgan fingerprint density at radius 3 is 2.52 bits per heavy atom. The topological polar surface area (TPSA) is 104 Å². The van der Waals surface area contributed by atoms with Crippen molar-refractivity contribution >= 4 is 12.0 Å². The summed E-state index contributed by atoms with van der Waals surface area (Å²) < 4.78 is 18.3. The number of amides is 2. The second-order valence-electron chi connectivity index (χ2n) is 6.76. The predicted molar refractivity (Wildman–Crippen MR) is 95.8 cm³/mol. The number of halogens is 1. The number of aromatic carboxylic acids is 1. The second-order valence-corrected chi connectivity index (χ2v) is 6.76. The second kappa shape index (κ2) is 8.20. The van der Waals surface area contributed by atoms with Crippen LogP contribution in [0.15, 0.2) is 28.8 Å². The molecule has 0 spiro atoms. The Morgan fingerprint density at radius 1 is 1.22 bits per heavy atom. The van der Waals surface area contributed by atoms with E-state index in [-0.39, 0.29) is 29.1 Å². The minimum atomic E-state index is -1.23. The number of aromatic nitrogens is 1. The Bertz CT molecular complexity index is 813. The molecule has 1 unspecified atom stereocenters. The fourth-order valence-corrected chi connectivity index (χ4v) is 3.35. The standard InChI is InChI=1S/C19H22FN3O4/c1-11(21-19(26)22-14-5-3-2-4-6-14)17-15(18(24)25)16(23-27-17)12-7-9-13(20)10-8-12/h7-11,14H,2-6H2,1H3,(H,24,25)(H2,21,22,26). The SMILES string of the molecule is CC(NC(=O)NC1CCCCC1)c1onc(-c2ccc(F)cc2)c1C(=O)O. The van der Waals surface area contributed by atoms with E-state index in [2.05, 4.69) is 15.8 Å². The molecule has 2 amide bonds. The number of carboxylic acids is 1. The Kier molecular flexibility index (Phi) is 5.73. The van der Waals surface area contributed by atoms with Gasteiger partial charge in [0.1, 0.15) is 17.1 Å². The van der Waals surface area contributed by atoms with E-state index in [1.165, 1.54) is 30.7 Å². The maximum Gasteiger partial charge on any atom is 0.341 e. The summed E-state index contributed by atoms with van der Waals surface area (Å²) in [6.45, 7) is 1.63. The molecule has 0 bridgehead atoms. The van der Waals surface area contributed by atoms with Crippen LogP contribution < -0.4 is 10.6 Å². The first-order valence-corrected chi connectivity index (χ1v) is 9.01. The van der Waals surface area contributed by atoms with Crippen LogP contribution in [0.2, 0.25) is 0 Å². The lowest BCUT2D eigenvalue weighted by atomic mass is 9.96. The minimum absolute atomic E-state index is 0.0422. The molecule has 144 valence electrons. The molecule has 1 aliphatic rings. The number of rotatable bonds is 5. The quantitative estimate of drug-likeness (QED) is 0.736. The van der Waals surface area contributed by atoms with Crippen molar-refractivity contribution in [3.05, 3.63) is 41.4 Å². The highest BCUT2D eigenvalue weighted by Crippen LogP contribution is 2.29. The fraction of sp³-hybridized carbons (Fsp3) is 0.421.